The number of benzene rings is 1. The monoisotopic (exact) mass is 300 g/mol. The van der Waals surface area contributed by atoms with Gasteiger partial charge in [0, 0.05) is 26.2 Å². The molecule has 2 fully saturated rings. The number of hydrogen-bond acceptors (Lipinski definition) is 6. The highest BCUT2D eigenvalue weighted by molar-refractivity contribution is 5.42. The smallest absolute Gasteiger partial charge is 0.250 e. The fourth-order valence-corrected chi connectivity index (χ4v) is 3.16. The van der Waals surface area contributed by atoms with E-state index >= 15 is 0 Å². The van der Waals surface area contributed by atoms with Gasteiger partial charge in [0.2, 0.25) is 5.95 Å². The molecule has 0 amide bonds. The van der Waals surface area contributed by atoms with E-state index < -0.39 is 0 Å². The molecule has 7 heteroatoms. The zero-order valence-corrected chi connectivity index (χ0v) is 12.7. The maximum atomic E-state index is 5.61. The second kappa shape index (κ2) is 5.66. The molecule has 1 unspecified atom stereocenters. The maximum absolute atomic E-state index is 5.61. The van der Waals surface area contributed by atoms with Crippen molar-refractivity contribution in [3.63, 3.8) is 0 Å². The van der Waals surface area contributed by atoms with Gasteiger partial charge in [-0.05, 0) is 29.5 Å². The summed E-state index contributed by atoms with van der Waals surface area (Å²) >= 11 is 0. The van der Waals surface area contributed by atoms with E-state index in [0.717, 1.165) is 51.0 Å². The minimum atomic E-state index is 0.436. The summed E-state index contributed by atoms with van der Waals surface area (Å²) in [6.45, 7) is 7.64. The van der Waals surface area contributed by atoms with Gasteiger partial charge in [-0.15, -0.1) is 0 Å². The lowest BCUT2D eigenvalue weighted by molar-refractivity contribution is -0.0119. The summed E-state index contributed by atoms with van der Waals surface area (Å²) in [6.07, 6.45) is 0. The zero-order chi connectivity index (χ0) is 14.9. The number of aryl methyl sites for hydroxylation is 1. The molecule has 3 heterocycles. The van der Waals surface area contributed by atoms with Crippen LogP contribution in [0.1, 0.15) is 5.56 Å². The summed E-state index contributed by atoms with van der Waals surface area (Å²) in [5.74, 6) is 0.814. The SMILES string of the molecule is Cc1ccc(-n2nnnc2N2CCN3CCOCC3C2)cc1. The Kier molecular flexibility index (Phi) is 3.51. The molecule has 2 aromatic rings. The minimum absolute atomic E-state index is 0.436. The summed E-state index contributed by atoms with van der Waals surface area (Å²) in [5, 5.41) is 12.3. The van der Waals surface area contributed by atoms with Gasteiger partial charge in [0.25, 0.3) is 0 Å². The van der Waals surface area contributed by atoms with Crippen LogP contribution in [0.4, 0.5) is 5.95 Å². The number of tetrazole rings is 1. The first-order valence-corrected chi connectivity index (χ1v) is 7.73. The molecule has 1 aromatic heterocycles. The Morgan fingerprint density at radius 1 is 1.14 bits per heavy atom. The van der Waals surface area contributed by atoms with E-state index in [2.05, 4.69) is 56.5 Å². The predicted octanol–water partition coefficient (Wildman–Crippen LogP) is 0.492. The second-order valence-electron chi connectivity index (χ2n) is 5.94. The van der Waals surface area contributed by atoms with Crippen LogP contribution >= 0.6 is 0 Å². The van der Waals surface area contributed by atoms with Gasteiger partial charge in [-0.3, -0.25) is 4.90 Å². The fourth-order valence-electron chi connectivity index (χ4n) is 3.16. The molecule has 1 aromatic carbocycles. The first kappa shape index (κ1) is 13.7. The number of rotatable bonds is 2. The number of piperazine rings is 1. The molecule has 2 saturated heterocycles. The molecule has 22 heavy (non-hydrogen) atoms. The van der Waals surface area contributed by atoms with Crippen molar-refractivity contribution in [2.45, 2.75) is 13.0 Å². The molecule has 116 valence electrons. The highest BCUT2D eigenvalue weighted by Crippen LogP contribution is 2.21. The second-order valence-corrected chi connectivity index (χ2v) is 5.94. The van der Waals surface area contributed by atoms with E-state index in [-0.39, 0.29) is 0 Å². The van der Waals surface area contributed by atoms with Crippen molar-refractivity contribution >= 4 is 5.95 Å². The van der Waals surface area contributed by atoms with Crippen molar-refractivity contribution in [1.29, 1.82) is 0 Å². The molecule has 2 aliphatic heterocycles. The highest BCUT2D eigenvalue weighted by Gasteiger charge is 2.31. The topological polar surface area (TPSA) is 59.3 Å². The highest BCUT2D eigenvalue weighted by atomic mass is 16.5. The molecular weight excluding hydrogens is 280 g/mol. The van der Waals surface area contributed by atoms with E-state index in [4.69, 9.17) is 4.74 Å². The summed E-state index contributed by atoms with van der Waals surface area (Å²) in [6, 6.07) is 8.69. The van der Waals surface area contributed by atoms with Gasteiger partial charge in [-0.1, -0.05) is 22.8 Å². The summed E-state index contributed by atoms with van der Waals surface area (Å²) in [4.78, 5) is 4.76. The van der Waals surface area contributed by atoms with E-state index in [0.29, 0.717) is 6.04 Å². The van der Waals surface area contributed by atoms with E-state index in [9.17, 15) is 0 Å². The lowest BCUT2D eigenvalue weighted by Crippen LogP contribution is -2.58. The molecule has 1 atom stereocenters. The third-order valence-corrected chi connectivity index (χ3v) is 4.45. The van der Waals surface area contributed by atoms with Crippen LogP contribution in [0, 0.1) is 6.92 Å². The van der Waals surface area contributed by atoms with Crippen LogP contribution in [-0.2, 0) is 4.74 Å². The zero-order valence-electron chi connectivity index (χ0n) is 12.7. The van der Waals surface area contributed by atoms with E-state index in [1.807, 2.05) is 4.68 Å². The van der Waals surface area contributed by atoms with Crippen LogP contribution in [0.5, 0.6) is 0 Å². The van der Waals surface area contributed by atoms with Crippen LogP contribution in [0.3, 0.4) is 0 Å². The number of aromatic nitrogens is 4. The quantitative estimate of drug-likeness (QED) is 0.804. The number of hydrogen-bond donors (Lipinski definition) is 0. The van der Waals surface area contributed by atoms with Gasteiger partial charge in [0.1, 0.15) is 0 Å². The Bertz CT molecular complexity index is 640. The van der Waals surface area contributed by atoms with Crippen molar-refractivity contribution in [3.8, 4) is 5.69 Å². The number of ether oxygens (including phenoxy) is 1. The molecule has 2 aliphatic rings. The van der Waals surface area contributed by atoms with Crippen LogP contribution in [-0.4, -0.2) is 70.5 Å². The van der Waals surface area contributed by atoms with Gasteiger partial charge in [-0.2, -0.15) is 4.68 Å². The molecule has 0 saturated carbocycles. The molecule has 0 aliphatic carbocycles. The average Bonchev–Trinajstić information content (AvgIpc) is 3.05. The molecule has 7 nitrogen and oxygen atoms in total. The van der Waals surface area contributed by atoms with Crippen molar-refractivity contribution in [1.82, 2.24) is 25.1 Å². The maximum Gasteiger partial charge on any atom is 0.250 e. The minimum Gasteiger partial charge on any atom is -0.378 e. The molecule has 0 bridgehead atoms. The van der Waals surface area contributed by atoms with Gasteiger partial charge in [-0.25, -0.2) is 0 Å². The summed E-state index contributed by atoms with van der Waals surface area (Å²) in [5.41, 5.74) is 2.22. The van der Waals surface area contributed by atoms with Crippen molar-refractivity contribution < 1.29 is 4.74 Å². The summed E-state index contributed by atoms with van der Waals surface area (Å²) < 4.78 is 7.42. The number of morpholine rings is 1. The first-order chi connectivity index (χ1) is 10.8. The summed E-state index contributed by atoms with van der Waals surface area (Å²) in [7, 11) is 0. The molecule has 0 spiro atoms. The Balaban J connectivity index is 1.58. The van der Waals surface area contributed by atoms with Gasteiger partial charge in [0.05, 0.1) is 24.9 Å². The van der Waals surface area contributed by atoms with E-state index in [1.54, 1.807) is 0 Å². The van der Waals surface area contributed by atoms with Gasteiger partial charge >= 0.3 is 0 Å². The first-order valence-electron chi connectivity index (χ1n) is 7.73. The molecule has 0 radical (unpaired) electrons. The molecule has 4 rings (SSSR count). The third-order valence-electron chi connectivity index (χ3n) is 4.45. The van der Waals surface area contributed by atoms with E-state index in [1.165, 1.54) is 5.56 Å². The van der Waals surface area contributed by atoms with Gasteiger partial charge < -0.3 is 9.64 Å². The number of fused-ring (bicyclic) bond motifs is 1. The van der Waals surface area contributed by atoms with Crippen LogP contribution < -0.4 is 4.90 Å². The van der Waals surface area contributed by atoms with Crippen molar-refractivity contribution in [3.05, 3.63) is 29.8 Å². The van der Waals surface area contributed by atoms with Crippen molar-refractivity contribution in [2.24, 2.45) is 0 Å². The largest absolute Gasteiger partial charge is 0.378 e. The van der Waals surface area contributed by atoms with Crippen molar-refractivity contribution in [2.75, 3.05) is 44.3 Å². The Hall–Kier alpha value is -1.99. The fraction of sp³-hybridized carbons (Fsp3) is 0.533. The lowest BCUT2D eigenvalue weighted by Gasteiger charge is -2.43. The standard InChI is InChI=1S/C15H20N6O/c1-12-2-4-13(5-3-12)21-15(16-17-18-21)20-7-6-19-8-9-22-11-14(19)10-20/h2-5,14H,6-11H2,1H3. The van der Waals surface area contributed by atoms with Gasteiger partial charge in [0.15, 0.2) is 0 Å². The number of nitrogens with zero attached hydrogens (tertiary/aromatic N) is 6. The molecule has 0 N–H and O–H groups in total. The normalized spacial score (nSPS) is 22.6. The Morgan fingerprint density at radius 2 is 2.00 bits per heavy atom. The average molecular weight is 300 g/mol. The predicted molar refractivity (Wildman–Crippen MR) is 82.3 cm³/mol. The van der Waals surface area contributed by atoms with Crippen LogP contribution in [0.25, 0.3) is 5.69 Å². The lowest BCUT2D eigenvalue weighted by atomic mass is 10.1. The Morgan fingerprint density at radius 3 is 2.86 bits per heavy atom. The van der Waals surface area contributed by atoms with Crippen LogP contribution in [0.2, 0.25) is 0 Å². The third kappa shape index (κ3) is 2.46. The molecular formula is C15H20N6O. The Labute approximate surface area is 129 Å². The number of anilines is 1. The van der Waals surface area contributed by atoms with Crippen LogP contribution in [0.15, 0.2) is 24.3 Å².